The summed E-state index contributed by atoms with van der Waals surface area (Å²) in [7, 11) is 3.81. The van der Waals surface area contributed by atoms with Crippen LogP contribution in [-0.4, -0.2) is 60.9 Å². The molecule has 160 valence electrons. The van der Waals surface area contributed by atoms with Crippen molar-refractivity contribution in [2.45, 2.75) is 38.7 Å². The first kappa shape index (κ1) is 22.7. The van der Waals surface area contributed by atoms with Crippen molar-refractivity contribution in [1.82, 2.24) is 0 Å². The Morgan fingerprint density at radius 2 is 1.69 bits per heavy atom. The van der Waals surface area contributed by atoms with Gasteiger partial charge in [0.2, 0.25) is 0 Å². The predicted molar refractivity (Wildman–Crippen MR) is 108 cm³/mol. The predicted octanol–water partition coefficient (Wildman–Crippen LogP) is 2.18. The lowest BCUT2D eigenvalue weighted by Crippen LogP contribution is -2.55. The molecular formula is C21H30N2O6. The number of anilines is 1. The highest BCUT2D eigenvalue weighted by Crippen LogP contribution is 2.47. The highest BCUT2D eigenvalue weighted by atomic mass is 16.5. The molecule has 1 fully saturated rings. The highest BCUT2D eigenvalue weighted by Gasteiger charge is 2.56. The SMILES string of the molecule is CCOC(=O)[C@@H]1/C(=N\O)C[C@@](C)(O)[C@@H](C(=O)OCC)[C@H]1c1ccc(N(C)C)cc1. The minimum Gasteiger partial charge on any atom is -0.466 e. The summed E-state index contributed by atoms with van der Waals surface area (Å²) in [5.74, 6) is -4.07. The fourth-order valence-corrected chi connectivity index (χ4v) is 4.00. The van der Waals surface area contributed by atoms with Gasteiger partial charge in [0.25, 0.3) is 0 Å². The molecule has 0 saturated heterocycles. The fraction of sp³-hybridized carbons (Fsp3) is 0.571. The van der Waals surface area contributed by atoms with Crippen LogP contribution in [0.2, 0.25) is 0 Å². The van der Waals surface area contributed by atoms with Gasteiger partial charge in [0, 0.05) is 32.1 Å². The van der Waals surface area contributed by atoms with Crippen molar-refractivity contribution in [2.75, 3.05) is 32.2 Å². The first-order valence-corrected chi connectivity index (χ1v) is 9.71. The Labute approximate surface area is 171 Å². The van der Waals surface area contributed by atoms with Crippen LogP contribution >= 0.6 is 0 Å². The smallest absolute Gasteiger partial charge is 0.315 e. The van der Waals surface area contributed by atoms with E-state index in [1.165, 1.54) is 6.92 Å². The third-order valence-corrected chi connectivity index (χ3v) is 5.29. The van der Waals surface area contributed by atoms with E-state index in [0.29, 0.717) is 5.56 Å². The maximum absolute atomic E-state index is 12.8. The molecule has 8 heteroatoms. The summed E-state index contributed by atoms with van der Waals surface area (Å²) in [6, 6.07) is 7.32. The molecule has 0 radical (unpaired) electrons. The van der Waals surface area contributed by atoms with Crippen LogP contribution < -0.4 is 4.90 Å². The van der Waals surface area contributed by atoms with Crippen LogP contribution in [0.3, 0.4) is 0 Å². The average Bonchev–Trinajstić information content (AvgIpc) is 2.66. The van der Waals surface area contributed by atoms with Crippen LogP contribution in [0.1, 0.15) is 38.7 Å². The molecule has 8 nitrogen and oxygen atoms in total. The normalized spacial score (nSPS) is 28.1. The van der Waals surface area contributed by atoms with Crippen LogP contribution in [0, 0.1) is 11.8 Å². The molecule has 0 unspecified atom stereocenters. The quantitative estimate of drug-likeness (QED) is 0.423. The summed E-state index contributed by atoms with van der Waals surface area (Å²) in [6.45, 7) is 5.13. The van der Waals surface area contributed by atoms with E-state index >= 15 is 0 Å². The Morgan fingerprint density at radius 1 is 1.14 bits per heavy atom. The number of oxime groups is 1. The van der Waals surface area contributed by atoms with Gasteiger partial charge in [-0.05, 0) is 38.5 Å². The van der Waals surface area contributed by atoms with Crippen molar-refractivity contribution >= 4 is 23.3 Å². The number of aliphatic hydroxyl groups is 1. The van der Waals surface area contributed by atoms with E-state index in [9.17, 15) is 19.9 Å². The van der Waals surface area contributed by atoms with Crippen LogP contribution in [0.15, 0.2) is 29.4 Å². The molecular weight excluding hydrogens is 376 g/mol. The lowest BCUT2D eigenvalue weighted by Gasteiger charge is -2.44. The van der Waals surface area contributed by atoms with Crippen molar-refractivity contribution in [3.05, 3.63) is 29.8 Å². The number of nitrogens with zero attached hydrogens (tertiary/aromatic N) is 2. The van der Waals surface area contributed by atoms with Crippen molar-refractivity contribution < 1.29 is 29.4 Å². The van der Waals surface area contributed by atoms with Gasteiger partial charge in [-0.15, -0.1) is 0 Å². The lowest BCUT2D eigenvalue weighted by molar-refractivity contribution is -0.163. The van der Waals surface area contributed by atoms with Gasteiger partial charge < -0.3 is 24.7 Å². The number of esters is 2. The van der Waals surface area contributed by atoms with Gasteiger partial charge in [-0.3, -0.25) is 9.59 Å². The van der Waals surface area contributed by atoms with Crippen LogP contribution in [0.5, 0.6) is 0 Å². The van der Waals surface area contributed by atoms with Crippen molar-refractivity contribution in [3.8, 4) is 0 Å². The minimum atomic E-state index is -1.57. The number of rotatable bonds is 6. The Bertz CT molecular complexity index is 757. The van der Waals surface area contributed by atoms with Gasteiger partial charge in [-0.2, -0.15) is 0 Å². The minimum absolute atomic E-state index is 0.0793. The second kappa shape index (κ2) is 9.26. The van der Waals surface area contributed by atoms with Crippen molar-refractivity contribution in [1.29, 1.82) is 0 Å². The van der Waals surface area contributed by atoms with Crippen molar-refractivity contribution in [2.24, 2.45) is 17.0 Å². The number of hydrogen-bond donors (Lipinski definition) is 2. The molecule has 0 aliphatic heterocycles. The zero-order valence-corrected chi connectivity index (χ0v) is 17.6. The number of hydrogen-bond acceptors (Lipinski definition) is 8. The summed E-state index contributed by atoms with van der Waals surface area (Å²) in [6.07, 6.45) is -0.150. The third-order valence-electron chi connectivity index (χ3n) is 5.29. The Balaban J connectivity index is 2.65. The van der Waals surface area contributed by atoms with Crippen molar-refractivity contribution in [3.63, 3.8) is 0 Å². The molecule has 1 aliphatic carbocycles. The zero-order valence-electron chi connectivity index (χ0n) is 17.6. The lowest BCUT2D eigenvalue weighted by atomic mass is 9.61. The average molecular weight is 406 g/mol. The molecule has 0 heterocycles. The van der Waals surface area contributed by atoms with E-state index in [2.05, 4.69) is 5.16 Å². The van der Waals surface area contributed by atoms with E-state index in [1.54, 1.807) is 26.0 Å². The Morgan fingerprint density at radius 3 is 2.17 bits per heavy atom. The van der Waals surface area contributed by atoms with Crippen LogP contribution in [0.4, 0.5) is 5.69 Å². The van der Waals surface area contributed by atoms with E-state index in [1.807, 2.05) is 31.1 Å². The van der Waals surface area contributed by atoms with Crippen LogP contribution in [-0.2, 0) is 19.1 Å². The first-order valence-electron chi connectivity index (χ1n) is 9.71. The molecule has 29 heavy (non-hydrogen) atoms. The van der Waals surface area contributed by atoms with Gasteiger partial charge in [0.15, 0.2) is 0 Å². The number of carbonyl (C=O) groups is 2. The van der Waals surface area contributed by atoms with Gasteiger partial charge in [-0.25, -0.2) is 0 Å². The van der Waals surface area contributed by atoms with E-state index in [-0.39, 0.29) is 25.3 Å². The topological polar surface area (TPSA) is 109 Å². The molecule has 4 atom stereocenters. The summed E-state index contributed by atoms with van der Waals surface area (Å²) in [5, 5.41) is 23.9. The number of carbonyl (C=O) groups excluding carboxylic acids is 2. The summed E-state index contributed by atoms with van der Waals surface area (Å²) >= 11 is 0. The largest absolute Gasteiger partial charge is 0.466 e. The molecule has 1 saturated carbocycles. The molecule has 0 bridgehead atoms. The van der Waals surface area contributed by atoms with Crippen LogP contribution in [0.25, 0.3) is 0 Å². The maximum atomic E-state index is 12.8. The molecule has 2 rings (SSSR count). The molecule has 1 aromatic rings. The molecule has 2 N–H and O–H groups in total. The second-order valence-corrected chi connectivity index (χ2v) is 7.60. The summed E-state index contributed by atoms with van der Waals surface area (Å²) < 4.78 is 10.4. The monoisotopic (exact) mass is 406 g/mol. The molecule has 0 spiro atoms. The molecule has 0 amide bonds. The standard InChI is InChI=1S/C21H30N2O6/c1-6-28-19(24)17-15(22-27)12-21(3,26)18(20(25)29-7-2)16(17)13-8-10-14(11-9-13)23(4)5/h8-11,16-18,26-27H,6-7,12H2,1-5H3/b22-15-/t16-,17+,18+,21+/m0/s1. The third kappa shape index (κ3) is 4.70. The zero-order chi connectivity index (χ0) is 21.8. The molecule has 0 aromatic heterocycles. The number of benzene rings is 1. The van der Waals surface area contributed by atoms with Gasteiger partial charge in [0.1, 0.15) is 5.92 Å². The Hall–Kier alpha value is -2.61. The van der Waals surface area contributed by atoms with E-state index in [4.69, 9.17) is 9.47 Å². The molecule has 1 aliphatic rings. The first-order chi connectivity index (χ1) is 13.7. The van der Waals surface area contributed by atoms with Gasteiger partial charge in [-0.1, -0.05) is 17.3 Å². The van der Waals surface area contributed by atoms with Gasteiger partial charge >= 0.3 is 11.9 Å². The van der Waals surface area contributed by atoms with E-state index in [0.717, 1.165) is 5.69 Å². The summed E-state index contributed by atoms with van der Waals surface area (Å²) in [5.41, 5.74) is 0.0954. The highest BCUT2D eigenvalue weighted by molar-refractivity contribution is 6.05. The van der Waals surface area contributed by atoms with Gasteiger partial charge in [0.05, 0.1) is 30.4 Å². The summed E-state index contributed by atoms with van der Waals surface area (Å²) in [4.78, 5) is 27.6. The molecule has 1 aromatic carbocycles. The Kier molecular flexibility index (Phi) is 7.24. The maximum Gasteiger partial charge on any atom is 0.315 e. The number of ether oxygens (including phenoxy) is 2. The van der Waals surface area contributed by atoms with E-state index < -0.39 is 35.3 Å². The second-order valence-electron chi connectivity index (χ2n) is 7.60. The fourth-order valence-electron chi connectivity index (χ4n) is 4.00.